The van der Waals surface area contributed by atoms with Crippen molar-refractivity contribution >= 4 is 6.09 Å². The minimum absolute atomic E-state index is 0.0256. The van der Waals surface area contributed by atoms with Crippen LogP contribution in [0.4, 0.5) is 4.79 Å². The van der Waals surface area contributed by atoms with Gasteiger partial charge in [0.25, 0.3) is 0 Å². The molecule has 1 aromatic rings. The molecule has 0 aromatic carbocycles. The minimum atomic E-state index is -0.506. The van der Waals surface area contributed by atoms with Crippen LogP contribution >= 0.6 is 0 Å². The lowest BCUT2D eigenvalue weighted by atomic mass is 10.2. The third-order valence-corrected chi connectivity index (χ3v) is 3.29. The zero-order valence-electron chi connectivity index (χ0n) is 13.2. The summed E-state index contributed by atoms with van der Waals surface area (Å²) in [5, 5.41) is 8.86. The van der Waals surface area contributed by atoms with Crippen molar-refractivity contribution in [2.24, 2.45) is 0 Å². The Hall–Kier alpha value is -2.29. The Morgan fingerprint density at radius 2 is 2.32 bits per heavy atom. The van der Waals surface area contributed by atoms with Crippen molar-refractivity contribution in [3.8, 4) is 11.9 Å². The van der Waals surface area contributed by atoms with E-state index in [1.165, 1.54) is 6.20 Å². The number of nitrogens with zero attached hydrogens (tertiary/aromatic N) is 3. The third kappa shape index (κ3) is 4.35. The summed E-state index contributed by atoms with van der Waals surface area (Å²) in [6.07, 6.45) is 3.03. The average Bonchev–Trinajstić information content (AvgIpc) is 2.92. The lowest BCUT2D eigenvalue weighted by Crippen LogP contribution is -2.42. The molecule has 0 saturated carbocycles. The fraction of sp³-hybridized carbons (Fsp3) is 0.562. The van der Waals surface area contributed by atoms with Crippen molar-refractivity contribution in [3.63, 3.8) is 0 Å². The highest BCUT2D eigenvalue weighted by Gasteiger charge is 2.32. The van der Waals surface area contributed by atoms with E-state index in [1.807, 2.05) is 26.8 Å². The largest absolute Gasteiger partial charge is 0.475 e. The Morgan fingerprint density at radius 1 is 1.55 bits per heavy atom. The number of pyridine rings is 1. The first-order valence-corrected chi connectivity index (χ1v) is 7.37. The van der Waals surface area contributed by atoms with Crippen LogP contribution in [0.25, 0.3) is 0 Å². The van der Waals surface area contributed by atoms with Gasteiger partial charge in [-0.3, -0.25) is 0 Å². The van der Waals surface area contributed by atoms with E-state index >= 15 is 0 Å². The van der Waals surface area contributed by atoms with Gasteiger partial charge in [0.15, 0.2) is 0 Å². The highest BCUT2D eigenvalue weighted by molar-refractivity contribution is 5.69. The van der Waals surface area contributed by atoms with Crippen molar-refractivity contribution < 1.29 is 14.3 Å². The summed E-state index contributed by atoms with van der Waals surface area (Å²) in [6.45, 7) is 6.58. The second-order valence-electron chi connectivity index (χ2n) is 6.28. The van der Waals surface area contributed by atoms with Crippen LogP contribution in [-0.4, -0.2) is 40.8 Å². The molecule has 0 N–H and O–H groups in total. The number of carbonyl (C=O) groups is 1. The number of amides is 1. The SMILES string of the molecule is CC(C)(C)OC(=O)N1CCC[C@@H]1COc1cc(C#N)ccn1. The van der Waals surface area contributed by atoms with Crippen LogP contribution in [0.2, 0.25) is 0 Å². The van der Waals surface area contributed by atoms with Gasteiger partial charge in [0.1, 0.15) is 12.2 Å². The fourth-order valence-electron chi connectivity index (χ4n) is 2.31. The van der Waals surface area contributed by atoms with E-state index in [0.717, 1.165) is 12.8 Å². The minimum Gasteiger partial charge on any atom is -0.475 e. The predicted octanol–water partition coefficient (Wildman–Crippen LogP) is 2.73. The van der Waals surface area contributed by atoms with Gasteiger partial charge >= 0.3 is 6.09 Å². The number of nitriles is 1. The number of carbonyl (C=O) groups excluding carboxylic acids is 1. The summed E-state index contributed by atoms with van der Waals surface area (Å²) in [5.74, 6) is 0.398. The van der Waals surface area contributed by atoms with Crippen molar-refractivity contribution in [2.45, 2.75) is 45.3 Å². The quantitative estimate of drug-likeness (QED) is 0.858. The van der Waals surface area contributed by atoms with Crippen LogP contribution in [0.5, 0.6) is 5.88 Å². The monoisotopic (exact) mass is 303 g/mol. The maximum atomic E-state index is 12.2. The summed E-state index contributed by atoms with van der Waals surface area (Å²) >= 11 is 0. The van der Waals surface area contributed by atoms with Gasteiger partial charge in [-0.25, -0.2) is 9.78 Å². The normalized spacial score (nSPS) is 17.9. The molecule has 2 heterocycles. The zero-order valence-corrected chi connectivity index (χ0v) is 13.2. The molecule has 1 amide bonds. The Morgan fingerprint density at radius 3 is 3.00 bits per heavy atom. The molecule has 118 valence electrons. The van der Waals surface area contributed by atoms with E-state index in [9.17, 15) is 4.79 Å². The van der Waals surface area contributed by atoms with Crippen molar-refractivity contribution in [1.29, 1.82) is 5.26 Å². The van der Waals surface area contributed by atoms with Gasteiger partial charge in [0, 0.05) is 18.8 Å². The molecule has 0 unspecified atom stereocenters. The van der Waals surface area contributed by atoms with E-state index in [1.54, 1.807) is 17.0 Å². The lowest BCUT2D eigenvalue weighted by molar-refractivity contribution is 0.0186. The molecule has 6 nitrogen and oxygen atoms in total. The summed E-state index contributed by atoms with van der Waals surface area (Å²) in [5.41, 5.74) is -0.00580. The van der Waals surface area contributed by atoms with Crippen LogP contribution in [0.1, 0.15) is 39.2 Å². The maximum Gasteiger partial charge on any atom is 0.410 e. The zero-order chi connectivity index (χ0) is 16.2. The first-order valence-electron chi connectivity index (χ1n) is 7.37. The van der Waals surface area contributed by atoms with E-state index in [0.29, 0.717) is 24.6 Å². The molecule has 1 aromatic heterocycles. The summed E-state index contributed by atoms with van der Waals surface area (Å²) in [6, 6.07) is 5.23. The highest BCUT2D eigenvalue weighted by atomic mass is 16.6. The molecule has 0 spiro atoms. The van der Waals surface area contributed by atoms with Crippen LogP contribution in [-0.2, 0) is 4.74 Å². The molecule has 1 aliphatic rings. The first kappa shape index (κ1) is 16.1. The standard InChI is InChI=1S/C16H21N3O3/c1-16(2,3)22-15(20)19-8-4-5-13(19)11-21-14-9-12(10-17)6-7-18-14/h6-7,9,13H,4-5,8,11H2,1-3H3/t13-/m1/s1. The molecule has 1 atom stereocenters. The number of likely N-dealkylation sites (tertiary alicyclic amines) is 1. The number of aromatic nitrogens is 1. The second kappa shape index (κ2) is 6.65. The molecule has 22 heavy (non-hydrogen) atoms. The summed E-state index contributed by atoms with van der Waals surface area (Å²) < 4.78 is 11.0. The van der Waals surface area contributed by atoms with Crippen LogP contribution in [0.3, 0.4) is 0 Å². The third-order valence-electron chi connectivity index (χ3n) is 3.29. The topological polar surface area (TPSA) is 75.4 Å². The Labute approximate surface area is 130 Å². The molecular weight excluding hydrogens is 282 g/mol. The van der Waals surface area contributed by atoms with Crippen molar-refractivity contribution in [1.82, 2.24) is 9.88 Å². The average molecular weight is 303 g/mol. The molecule has 0 radical (unpaired) electrons. The van der Waals surface area contributed by atoms with Gasteiger partial charge in [-0.2, -0.15) is 5.26 Å². The molecule has 1 saturated heterocycles. The van der Waals surface area contributed by atoms with E-state index in [4.69, 9.17) is 14.7 Å². The Bertz CT molecular complexity index is 575. The fourth-order valence-corrected chi connectivity index (χ4v) is 2.31. The molecule has 0 aliphatic carbocycles. The molecular formula is C16H21N3O3. The van der Waals surface area contributed by atoms with Crippen LogP contribution < -0.4 is 4.74 Å². The molecule has 1 fully saturated rings. The number of ether oxygens (including phenoxy) is 2. The van der Waals surface area contributed by atoms with Gasteiger partial charge in [-0.1, -0.05) is 0 Å². The second-order valence-corrected chi connectivity index (χ2v) is 6.28. The smallest absolute Gasteiger partial charge is 0.410 e. The first-order chi connectivity index (χ1) is 10.4. The molecule has 6 heteroatoms. The van der Waals surface area contributed by atoms with Crippen LogP contribution in [0.15, 0.2) is 18.3 Å². The molecule has 0 bridgehead atoms. The van der Waals surface area contributed by atoms with Gasteiger partial charge in [0.2, 0.25) is 5.88 Å². The van der Waals surface area contributed by atoms with Gasteiger partial charge < -0.3 is 14.4 Å². The lowest BCUT2D eigenvalue weighted by Gasteiger charge is -2.28. The Balaban J connectivity index is 1.94. The molecule has 2 rings (SSSR count). The summed E-state index contributed by atoms with van der Waals surface area (Å²) in [7, 11) is 0. The number of hydrogen-bond donors (Lipinski definition) is 0. The van der Waals surface area contributed by atoms with Gasteiger partial charge in [-0.15, -0.1) is 0 Å². The summed E-state index contributed by atoms with van der Waals surface area (Å²) in [4.78, 5) is 17.9. The Kier molecular flexibility index (Phi) is 4.86. The van der Waals surface area contributed by atoms with Gasteiger partial charge in [0.05, 0.1) is 17.7 Å². The number of rotatable bonds is 3. The van der Waals surface area contributed by atoms with Crippen molar-refractivity contribution in [3.05, 3.63) is 23.9 Å². The van der Waals surface area contributed by atoms with E-state index in [2.05, 4.69) is 4.98 Å². The highest BCUT2D eigenvalue weighted by Crippen LogP contribution is 2.21. The van der Waals surface area contributed by atoms with Crippen LogP contribution in [0, 0.1) is 11.3 Å². The van der Waals surface area contributed by atoms with Gasteiger partial charge in [-0.05, 0) is 39.7 Å². The van der Waals surface area contributed by atoms with E-state index in [-0.39, 0.29) is 12.1 Å². The number of hydrogen-bond acceptors (Lipinski definition) is 5. The predicted molar refractivity (Wildman–Crippen MR) is 80.4 cm³/mol. The van der Waals surface area contributed by atoms with E-state index < -0.39 is 5.60 Å². The maximum absolute atomic E-state index is 12.2. The van der Waals surface area contributed by atoms with Crippen molar-refractivity contribution in [2.75, 3.05) is 13.2 Å². The molecule has 1 aliphatic heterocycles.